The van der Waals surface area contributed by atoms with Gasteiger partial charge in [-0.1, -0.05) is 28.1 Å². The summed E-state index contributed by atoms with van der Waals surface area (Å²) in [5.41, 5.74) is 3.99. The number of allylic oxidation sites excluding steroid dienone is 2. The third-order valence-electron chi connectivity index (χ3n) is 2.05. The summed E-state index contributed by atoms with van der Waals surface area (Å²) < 4.78 is 8.98. The molecule has 0 unspecified atom stereocenters. The normalized spacial score (nSPS) is 8.67. The van der Waals surface area contributed by atoms with Crippen LogP contribution in [-0.4, -0.2) is 17.4 Å². The van der Waals surface area contributed by atoms with Crippen molar-refractivity contribution in [2.24, 2.45) is 0 Å². The number of hydrogen-bond acceptors (Lipinski definition) is 3. The van der Waals surface area contributed by atoms with Gasteiger partial charge in [-0.3, -0.25) is 0 Å². The Balaban J connectivity index is -0.000000328. The lowest BCUT2D eigenvalue weighted by Crippen LogP contribution is -1.84. The number of hydrogen-bond donors (Lipinski definition) is 0. The molecule has 0 saturated carbocycles. The third-order valence-corrected chi connectivity index (χ3v) is 2.54. The van der Waals surface area contributed by atoms with Gasteiger partial charge in [0.15, 0.2) is 12.5 Å². The summed E-state index contributed by atoms with van der Waals surface area (Å²) in [6.07, 6.45) is 3.61. The summed E-state index contributed by atoms with van der Waals surface area (Å²) in [6.45, 7) is 8.33. The minimum atomic E-state index is 1.15. The predicted octanol–water partition coefficient (Wildman–Crippen LogP) is 4.51. The molecule has 0 amide bonds. The van der Waals surface area contributed by atoms with Crippen LogP contribution in [0.15, 0.2) is 28.7 Å². The van der Waals surface area contributed by atoms with Gasteiger partial charge in [0, 0.05) is 10.9 Å². The highest BCUT2D eigenvalue weighted by Crippen LogP contribution is 2.21. The number of halogens is 2. The molecule has 0 saturated heterocycles. The average Bonchev–Trinajstić information content (AvgIpc) is 2.44. The van der Waals surface area contributed by atoms with Gasteiger partial charge in [0.2, 0.25) is 0 Å². The van der Waals surface area contributed by atoms with Crippen LogP contribution in [0.2, 0.25) is 0 Å². The van der Waals surface area contributed by atoms with E-state index in [1.165, 1.54) is 23.1 Å². The molecule has 0 heterocycles. The lowest BCUT2D eigenvalue weighted by molar-refractivity contribution is -0.0979. The van der Waals surface area contributed by atoms with E-state index in [1.54, 1.807) is 0 Å². The standard InChI is InChI=1S/C11H13Br.CH3Cl.CH2O.OS/c1-4-8(2)11-6-5-10(12)7-9(11)3;3*1-2/h4-7H,1-3H3;1H3;1H2;/b8-4-;;;. The van der Waals surface area contributed by atoms with Crippen molar-refractivity contribution in [3.63, 3.8) is 0 Å². The Labute approximate surface area is 128 Å². The smallest absolute Gasteiger partial charge is 0.197 e. The Kier molecular flexibility index (Phi) is 20.6. The summed E-state index contributed by atoms with van der Waals surface area (Å²) in [7, 11) is 0. The Bertz CT molecular complexity index is 355. The minimum absolute atomic E-state index is 1.15. The van der Waals surface area contributed by atoms with E-state index < -0.39 is 0 Å². The van der Waals surface area contributed by atoms with Crippen LogP contribution in [0, 0.1) is 6.92 Å². The first-order valence-electron chi connectivity index (χ1n) is 4.88. The quantitative estimate of drug-likeness (QED) is 0.696. The summed E-state index contributed by atoms with van der Waals surface area (Å²) in [6, 6.07) is 6.37. The summed E-state index contributed by atoms with van der Waals surface area (Å²) in [4.78, 5) is 8.00. The van der Waals surface area contributed by atoms with Gasteiger partial charge in [-0.15, -0.1) is 11.6 Å². The van der Waals surface area contributed by atoms with Crippen LogP contribution < -0.4 is 0 Å². The van der Waals surface area contributed by atoms with Crippen LogP contribution in [0.4, 0.5) is 0 Å². The lowest BCUT2D eigenvalue weighted by atomic mass is 10.0. The second-order valence-electron chi connectivity index (χ2n) is 2.93. The Hall–Kier alpha value is -0.580. The first kappa shape index (κ1) is 22.6. The second-order valence-corrected chi connectivity index (χ2v) is 3.85. The van der Waals surface area contributed by atoms with Gasteiger partial charge < -0.3 is 4.79 Å². The number of aryl methyl sites for hydroxylation is 1. The van der Waals surface area contributed by atoms with E-state index in [-0.39, 0.29) is 0 Å². The highest BCUT2D eigenvalue weighted by atomic mass is 79.9. The van der Waals surface area contributed by atoms with Crippen molar-refractivity contribution >= 4 is 52.4 Å². The lowest BCUT2D eigenvalue weighted by Gasteiger charge is -2.05. The maximum Gasteiger partial charge on any atom is 0.197 e. The minimum Gasteiger partial charge on any atom is -0.307 e. The fourth-order valence-corrected chi connectivity index (χ4v) is 1.70. The largest absolute Gasteiger partial charge is 0.307 e. The molecular weight excluding hydrogens is 336 g/mol. The molecule has 102 valence electrons. The molecule has 0 spiro atoms. The van der Waals surface area contributed by atoms with Crippen molar-refractivity contribution in [2.45, 2.75) is 20.8 Å². The van der Waals surface area contributed by atoms with Crippen LogP contribution >= 0.6 is 27.5 Å². The van der Waals surface area contributed by atoms with Crippen LogP contribution in [0.5, 0.6) is 0 Å². The Morgan fingerprint density at radius 1 is 1.33 bits per heavy atom. The number of rotatable bonds is 1. The maximum absolute atomic E-state index is 8.00. The molecule has 18 heavy (non-hydrogen) atoms. The zero-order valence-electron chi connectivity index (χ0n) is 11.0. The van der Waals surface area contributed by atoms with E-state index in [9.17, 15) is 0 Å². The Morgan fingerprint density at radius 3 is 2.11 bits per heavy atom. The first-order chi connectivity index (χ1) is 8.65. The van der Waals surface area contributed by atoms with Crippen LogP contribution in [-0.2, 0) is 17.3 Å². The van der Waals surface area contributed by atoms with E-state index in [0.29, 0.717) is 0 Å². The fraction of sp³-hybridized carbons (Fsp3) is 0.308. The van der Waals surface area contributed by atoms with E-state index in [2.05, 4.69) is 85.1 Å². The van der Waals surface area contributed by atoms with Gasteiger partial charge in [0.25, 0.3) is 0 Å². The molecule has 0 aromatic heterocycles. The van der Waals surface area contributed by atoms with Crippen molar-refractivity contribution in [2.75, 3.05) is 6.38 Å². The van der Waals surface area contributed by atoms with E-state index in [0.717, 1.165) is 4.47 Å². The maximum atomic E-state index is 8.00. The van der Waals surface area contributed by atoms with Gasteiger partial charge >= 0.3 is 0 Å². The van der Waals surface area contributed by atoms with Crippen molar-refractivity contribution in [3.05, 3.63) is 39.9 Å². The molecule has 0 fully saturated rings. The van der Waals surface area contributed by atoms with Gasteiger partial charge in [-0.25, -0.2) is 0 Å². The second kappa shape index (κ2) is 16.4. The molecule has 0 bridgehead atoms. The molecule has 0 aliphatic heterocycles. The topological polar surface area (TPSA) is 34.1 Å². The van der Waals surface area contributed by atoms with Gasteiger partial charge in [-0.2, -0.15) is 4.21 Å². The molecule has 2 nitrogen and oxygen atoms in total. The monoisotopic (exact) mass is 352 g/mol. The molecule has 1 rings (SSSR count). The third kappa shape index (κ3) is 9.45. The van der Waals surface area contributed by atoms with Gasteiger partial charge in [0.05, 0.1) is 0 Å². The number of carbonyl (C=O) groups is 1. The van der Waals surface area contributed by atoms with Crippen molar-refractivity contribution in [3.8, 4) is 0 Å². The van der Waals surface area contributed by atoms with Gasteiger partial charge in [-0.05, 0) is 49.6 Å². The summed E-state index contributed by atoms with van der Waals surface area (Å²) >= 11 is 10.9. The molecule has 0 radical (unpaired) electrons. The number of carbonyl (C=O) groups excluding carboxylic acids is 1. The highest BCUT2D eigenvalue weighted by molar-refractivity contribution is 9.10. The number of alkyl halides is 1. The van der Waals surface area contributed by atoms with E-state index in [1.807, 2.05) is 6.79 Å². The summed E-state index contributed by atoms with van der Waals surface area (Å²) in [5.74, 6) is 0. The molecule has 1 aromatic carbocycles. The van der Waals surface area contributed by atoms with Crippen molar-refractivity contribution in [1.82, 2.24) is 0 Å². The molecular formula is C13H18BrClO2S. The van der Waals surface area contributed by atoms with E-state index >= 15 is 0 Å². The summed E-state index contributed by atoms with van der Waals surface area (Å²) in [5, 5.41) is 0. The molecule has 0 aliphatic rings. The molecule has 1 aromatic rings. The Morgan fingerprint density at radius 2 is 1.78 bits per heavy atom. The number of benzene rings is 1. The molecule has 0 N–H and O–H groups in total. The van der Waals surface area contributed by atoms with Gasteiger partial charge in [0.1, 0.15) is 6.79 Å². The average molecular weight is 354 g/mol. The first-order valence-corrected chi connectivity index (χ1v) is 6.76. The van der Waals surface area contributed by atoms with Crippen LogP contribution in [0.3, 0.4) is 0 Å². The molecule has 0 atom stereocenters. The predicted molar refractivity (Wildman–Crippen MR) is 85.2 cm³/mol. The van der Waals surface area contributed by atoms with E-state index in [4.69, 9.17) is 9.00 Å². The highest BCUT2D eigenvalue weighted by Gasteiger charge is 1.99. The van der Waals surface area contributed by atoms with Crippen LogP contribution in [0.1, 0.15) is 25.0 Å². The zero-order chi connectivity index (χ0) is 15.1. The zero-order valence-corrected chi connectivity index (χ0v) is 14.2. The molecule has 5 heteroatoms. The van der Waals surface area contributed by atoms with Crippen molar-refractivity contribution in [1.29, 1.82) is 0 Å². The SMILES string of the molecule is C/C=C(/C)c1ccc(Br)cc1C.C=O.CCl.O=S. The molecule has 0 aliphatic carbocycles. The van der Waals surface area contributed by atoms with Crippen LogP contribution in [0.25, 0.3) is 5.57 Å². The van der Waals surface area contributed by atoms with Crippen molar-refractivity contribution < 1.29 is 9.00 Å². The fourth-order valence-electron chi connectivity index (χ4n) is 1.23.